The standard InChI is InChI=1S/C13H14F3N3O2S/c1-8-4-12(8)19-11-3-2-10(5-9(11)6-17)22(20,21)18-7-13(14,15)16/h2-3,5,8,12,18-19H,4,7H2,1H3/t8-,12+/m1/s1. The van der Waals surface area contributed by atoms with Crippen molar-refractivity contribution in [1.29, 1.82) is 5.26 Å². The molecule has 0 saturated heterocycles. The van der Waals surface area contributed by atoms with Crippen LogP contribution >= 0.6 is 0 Å². The van der Waals surface area contributed by atoms with Crippen molar-refractivity contribution in [3.05, 3.63) is 23.8 Å². The van der Waals surface area contributed by atoms with Crippen LogP contribution in [0.25, 0.3) is 0 Å². The number of alkyl halides is 3. The maximum atomic E-state index is 12.1. The first kappa shape index (κ1) is 16.6. The summed E-state index contributed by atoms with van der Waals surface area (Å²) in [5.74, 6) is 0.475. The van der Waals surface area contributed by atoms with E-state index in [2.05, 4.69) is 5.32 Å². The summed E-state index contributed by atoms with van der Waals surface area (Å²) in [4.78, 5) is -0.373. The lowest BCUT2D eigenvalue weighted by molar-refractivity contribution is -0.121. The number of rotatable bonds is 5. The van der Waals surface area contributed by atoms with Crippen molar-refractivity contribution in [3.63, 3.8) is 0 Å². The third-order valence-electron chi connectivity index (χ3n) is 3.33. The van der Waals surface area contributed by atoms with Gasteiger partial charge in [0.2, 0.25) is 10.0 Å². The molecule has 1 aromatic carbocycles. The highest BCUT2D eigenvalue weighted by Crippen LogP contribution is 2.34. The van der Waals surface area contributed by atoms with Gasteiger partial charge in [0, 0.05) is 6.04 Å². The number of nitriles is 1. The average molecular weight is 333 g/mol. The maximum Gasteiger partial charge on any atom is 0.402 e. The maximum absolute atomic E-state index is 12.1. The number of anilines is 1. The van der Waals surface area contributed by atoms with Crippen LogP contribution in [0.3, 0.4) is 0 Å². The van der Waals surface area contributed by atoms with E-state index in [1.807, 2.05) is 13.0 Å². The number of nitrogens with zero attached hydrogens (tertiary/aromatic N) is 1. The molecule has 0 aromatic heterocycles. The van der Waals surface area contributed by atoms with Crippen LogP contribution < -0.4 is 10.0 Å². The van der Waals surface area contributed by atoms with Crippen LogP contribution in [0.2, 0.25) is 0 Å². The van der Waals surface area contributed by atoms with Crippen molar-refractivity contribution >= 4 is 15.7 Å². The smallest absolute Gasteiger partial charge is 0.381 e. The highest BCUT2D eigenvalue weighted by atomic mass is 32.2. The Hall–Kier alpha value is -1.79. The molecule has 0 amide bonds. The largest absolute Gasteiger partial charge is 0.402 e. The molecule has 1 aliphatic carbocycles. The van der Waals surface area contributed by atoms with Gasteiger partial charge in [0.15, 0.2) is 0 Å². The molecule has 0 heterocycles. The van der Waals surface area contributed by atoms with E-state index in [1.54, 1.807) is 0 Å². The molecule has 0 radical (unpaired) electrons. The SMILES string of the molecule is C[C@@H]1C[C@@H]1Nc1ccc(S(=O)(=O)NCC(F)(F)F)cc1C#N. The summed E-state index contributed by atoms with van der Waals surface area (Å²) in [6.45, 7) is 0.375. The van der Waals surface area contributed by atoms with Gasteiger partial charge in [0.05, 0.1) is 16.1 Å². The lowest BCUT2D eigenvalue weighted by Gasteiger charge is -2.12. The van der Waals surface area contributed by atoms with Crippen molar-refractivity contribution in [2.75, 3.05) is 11.9 Å². The molecule has 1 aliphatic rings. The summed E-state index contributed by atoms with van der Waals surface area (Å²) in [5, 5.41) is 12.2. The Balaban J connectivity index is 2.20. The Kier molecular flexibility index (Phi) is 4.35. The third-order valence-corrected chi connectivity index (χ3v) is 4.73. The summed E-state index contributed by atoms with van der Waals surface area (Å²) in [5.41, 5.74) is 0.556. The van der Waals surface area contributed by atoms with E-state index in [0.717, 1.165) is 12.5 Å². The molecule has 120 valence electrons. The minimum atomic E-state index is -4.64. The zero-order valence-corrected chi connectivity index (χ0v) is 12.4. The van der Waals surface area contributed by atoms with E-state index < -0.39 is 22.7 Å². The number of sulfonamides is 1. The van der Waals surface area contributed by atoms with E-state index in [1.165, 1.54) is 16.9 Å². The van der Waals surface area contributed by atoms with Gasteiger partial charge < -0.3 is 5.32 Å². The first-order chi connectivity index (χ1) is 10.1. The van der Waals surface area contributed by atoms with Crippen molar-refractivity contribution in [1.82, 2.24) is 4.72 Å². The molecule has 2 rings (SSSR count). The fourth-order valence-electron chi connectivity index (χ4n) is 1.89. The van der Waals surface area contributed by atoms with Crippen LogP contribution in [-0.2, 0) is 10.0 Å². The van der Waals surface area contributed by atoms with Gasteiger partial charge in [-0.05, 0) is 30.5 Å². The highest BCUT2D eigenvalue weighted by Gasteiger charge is 2.33. The lowest BCUT2D eigenvalue weighted by Crippen LogP contribution is -2.33. The molecule has 0 bridgehead atoms. The van der Waals surface area contributed by atoms with Crippen molar-refractivity contribution in [2.45, 2.75) is 30.5 Å². The molecule has 0 aliphatic heterocycles. The Morgan fingerprint density at radius 3 is 2.55 bits per heavy atom. The normalized spacial score (nSPS) is 21.2. The van der Waals surface area contributed by atoms with Gasteiger partial charge in [-0.3, -0.25) is 0 Å². The second-order valence-electron chi connectivity index (χ2n) is 5.22. The topological polar surface area (TPSA) is 82.0 Å². The number of benzene rings is 1. The molecule has 9 heteroatoms. The van der Waals surface area contributed by atoms with Crippen LogP contribution in [-0.4, -0.2) is 27.2 Å². The van der Waals surface area contributed by atoms with Crippen molar-refractivity contribution in [2.24, 2.45) is 5.92 Å². The zero-order valence-electron chi connectivity index (χ0n) is 11.6. The summed E-state index contributed by atoms with van der Waals surface area (Å²) >= 11 is 0. The molecule has 0 unspecified atom stereocenters. The highest BCUT2D eigenvalue weighted by molar-refractivity contribution is 7.89. The molecule has 2 N–H and O–H groups in total. The van der Waals surface area contributed by atoms with E-state index >= 15 is 0 Å². The van der Waals surface area contributed by atoms with E-state index in [-0.39, 0.29) is 16.5 Å². The first-order valence-corrected chi connectivity index (χ1v) is 7.98. The van der Waals surface area contributed by atoms with Gasteiger partial charge in [-0.2, -0.15) is 18.4 Å². The summed E-state index contributed by atoms with van der Waals surface area (Å²) < 4.78 is 61.4. The van der Waals surface area contributed by atoms with E-state index in [0.29, 0.717) is 11.6 Å². The third kappa shape index (κ3) is 4.11. The Bertz CT molecular complexity index is 710. The molecule has 1 saturated carbocycles. The van der Waals surface area contributed by atoms with Crippen LogP contribution in [0.5, 0.6) is 0 Å². The molecular weight excluding hydrogens is 319 g/mol. The Morgan fingerprint density at radius 2 is 2.05 bits per heavy atom. The van der Waals surface area contributed by atoms with Crippen LogP contribution in [0.4, 0.5) is 18.9 Å². The fraction of sp³-hybridized carbons (Fsp3) is 0.462. The Morgan fingerprint density at radius 1 is 1.41 bits per heavy atom. The van der Waals surface area contributed by atoms with Gasteiger partial charge in [-0.25, -0.2) is 13.1 Å². The monoisotopic (exact) mass is 333 g/mol. The minimum absolute atomic E-state index is 0.0778. The van der Waals surface area contributed by atoms with Gasteiger partial charge in [-0.15, -0.1) is 0 Å². The van der Waals surface area contributed by atoms with Crippen molar-refractivity contribution in [3.8, 4) is 6.07 Å². The zero-order chi connectivity index (χ0) is 16.5. The van der Waals surface area contributed by atoms with Gasteiger partial charge in [-0.1, -0.05) is 6.92 Å². The quantitative estimate of drug-likeness (QED) is 0.866. The van der Waals surface area contributed by atoms with Gasteiger partial charge in [0.1, 0.15) is 12.6 Å². The molecule has 1 fully saturated rings. The van der Waals surface area contributed by atoms with Crippen LogP contribution in [0.1, 0.15) is 18.9 Å². The van der Waals surface area contributed by atoms with E-state index in [4.69, 9.17) is 5.26 Å². The molecule has 22 heavy (non-hydrogen) atoms. The molecule has 1 aromatic rings. The minimum Gasteiger partial charge on any atom is -0.381 e. The summed E-state index contributed by atoms with van der Waals surface area (Å²) in [7, 11) is -4.32. The predicted octanol–water partition coefficient (Wildman–Crippen LogP) is 2.22. The van der Waals surface area contributed by atoms with Gasteiger partial charge in [0.25, 0.3) is 0 Å². The molecule has 2 atom stereocenters. The molecule has 5 nitrogen and oxygen atoms in total. The van der Waals surface area contributed by atoms with E-state index in [9.17, 15) is 21.6 Å². The van der Waals surface area contributed by atoms with Gasteiger partial charge >= 0.3 is 6.18 Å². The first-order valence-electron chi connectivity index (χ1n) is 6.49. The summed E-state index contributed by atoms with van der Waals surface area (Å²) in [6.07, 6.45) is -3.69. The fourth-order valence-corrected chi connectivity index (χ4v) is 2.93. The number of hydrogen-bond acceptors (Lipinski definition) is 4. The predicted molar refractivity (Wildman–Crippen MR) is 73.6 cm³/mol. The lowest BCUT2D eigenvalue weighted by atomic mass is 10.2. The van der Waals surface area contributed by atoms with Crippen LogP contribution in [0, 0.1) is 17.2 Å². The second-order valence-corrected chi connectivity index (χ2v) is 6.99. The summed E-state index contributed by atoms with van der Waals surface area (Å²) in [6, 6.07) is 5.72. The Labute approximate surface area is 126 Å². The molecule has 0 spiro atoms. The van der Waals surface area contributed by atoms with Crippen molar-refractivity contribution < 1.29 is 21.6 Å². The van der Waals surface area contributed by atoms with Crippen LogP contribution in [0.15, 0.2) is 23.1 Å². The molecular formula is C13H14F3N3O2S. The number of nitrogens with one attached hydrogen (secondary N) is 2. The average Bonchev–Trinajstić information content (AvgIpc) is 3.11. The number of hydrogen-bond donors (Lipinski definition) is 2. The second kappa shape index (κ2) is 5.78. The number of halogens is 3.